The summed E-state index contributed by atoms with van der Waals surface area (Å²) < 4.78 is 0. The monoisotopic (exact) mass is 309 g/mol. The summed E-state index contributed by atoms with van der Waals surface area (Å²) in [5, 5.41) is 4.58. The largest absolute Gasteiger partial charge is 0.308 e. The molecule has 0 radical (unpaired) electrons. The number of hydrogen-bond acceptors (Lipinski definition) is 3. The lowest BCUT2D eigenvalue weighted by Gasteiger charge is -2.49. The van der Waals surface area contributed by atoms with Crippen LogP contribution in [0.15, 0.2) is 18.5 Å². The van der Waals surface area contributed by atoms with E-state index >= 15 is 0 Å². The summed E-state index contributed by atoms with van der Waals surface area (Å²) in [6.07, 6.45) is 5.90. The van der Waals surface area contributed by atoms with Crippen molar-refractivity contribution in [3.63, 3.8) is 0 Å². The summed E-state index contributed by atoms with van der Waals surface area (Å²) in [5.74, 6) is 0.629. The molecule has 0 aliphatic carbocycles. The highest BCUT2D eigenvalue weighted by Gasteiger charge is 2.37. The highest BCUT2D eigenvalue weighted by molar-refractivity contribution is 6.31. The van der Waals surface area contributed by atoms with Gasteiger partial charge in [0.2, 0.25) is 0 Å². The van der Waals surface area contributed by atoms with E-state index in [1.54, 1.807) is 6.20 Å². The molecule has 1 N–H and O–H groups in total. The summed E-state index contributed by atoms with van der Waals surface area (Å²) in [7, 11) is 0. The summed E-state index contributed by atoms with van der Waals surface area (Å²) >= 11 is 6.30. The van der Waals surface area contributed by atoms with Crippen molar-refractivity contribution in [3.8, 4) is 0 Å². The first-order valence-corrected chi connectivity index (χ1v) is 8.46. The zero-order valence-electron chi connectivity index (χ0n) is 13.7. The maximum atomic E-state index is 6.30. The first-order valence-electron chi connectivity index (χ1n) is 8.08. The Morgan fingerprint density at radius 2 is 2.14 bits per heavy atom. The van der Waals surface area contributed by atoms with E-state index in [1.807, 2.05) is 12.3 Å². The van der Waals surface area contributed by atoms with E-state index in [9.17, 15) is 0 Å². The van der Waals surface area contributed by atoms with E-state index in [2.05, 4.69) is 42.9 Å². The van der Waals surface area contributed by atoms with Gasteiger partial charge < -0.3 is 5.32 Å². The maximum Gasteiger partial charge on any atom is 0.0634 e. The molecule has 21 heavy (non-hydrogen) atoms. The summed E-state index contributed by atoms with van der Waals surface area (Å²) in [4.78, 5) is 6.70. The SMILES string of the molecule is CCC1(CC)CN(Cc2ccncc2Cl)C(C(C)C)CN1. The molecular weight excluding hydrogens is 282 g/mol. The van der Waals surface area contributed by atoms with Gasteiger partial charge in [0, 0.05) is 43.6 Å². The minimum absolute atomic E-state index is 0.241. The molecule has 2 heterocycles. The fourth-order valence-electron chi connectivity index (χ4n) is 3.32. The van der Waals surface area contributed by atoms with Gasteiger partial charge in [-0.15, -0.1) is 0 Å². The van der Waals surface area contributed by atoms with Crippen LogP contribution >= 0.6 is 11.6 Å². The Hall–Kier alpha value is -0.640. The van der Waals surface area contributed by atoms with E-state index in [1.165, 1.54) is 5.56 Å². The molecule has 1 aromatic heterocycles. The van der Waals surface area contributed by atoms with Crippen LogP contribution in [0.3, 0.4) is 0 Å². The third-order valence-electron chi connectivity index (χ3n) is 5.01. The standard InChI is InChI=1S/C17H28ClN3/c1-5-17(6-2)12-21(16(10-20-17)13(3)4)11-14-7-8-19-9-15(14)18/h7-9,13,16,20H,5-6,10-12H2,1-4H3. The molecular formula is C17H28ClN3. The zero-order valence-corrected chi connectivity index (χ0v) is 14.5. The van der Waals surface area contributed by atoms with E-state index in [4.69, 9.17) is 11.6 Å². The van der Waals surface area contributed by atoms with Gasteiger partial charge in [0.1, 0.15) is 0 Å². The van der Waals surface area contributed by atoms with Crippen molar-refractivity contribution in [1.29, 1.82) is 0 Å². The van der Waals surface area contributed by atoms with Crippen molar-refractivity contribution in [3.05, 3.63) is 29.0 Å². The quantitative estimate of drug-likeness (QED) is 0.898. The molecule has 0 amide bonds. The third kappa shape index (κ3) is 3.77. The molecule has 1 saturated heterocycles. The van der Waals surface area contributed by atoms with Gasteiger partial charge in [-0.25, -0.2) is 0 Å². The van der Waals surface area contributed by atoms with Crippen LogP contribution in [0.4, 0.5) is 0 Å². The van der Waals surface area contributed by atoms with Gasteiger partial charge in [-0.2, -0.15) is 0 Å². The van der Waals surface area contributed by atoms with Gasteiger partial charge in [0.05, 0.1) is 5.02 Å². The van der Waals surface area contributed by atoms with Crippen molar-refractivity contribution >= 4 is 11.6 Å². The molecule has 1 aliphatic heterocycles. The predicted octanol–water partition coefficient (Wildman–Crippen LogP) is 3.72. The molecule has 0 aromatic carbocycles. The van der Waals surface area contributed by atoms with Crippen LogP contribution in [-0.2, 0) is 6.54 Å². The van der Waals surface area contributed by atoms with E-state index < -0.39 is 0 Å². The molecule has 118 valence electrons. The Morgan fingerprint density at radius 1 is 1.43 bits per heavy atom. The van der Waals surface area contributed by atoms with Gasteiger partial charge in [0.25, 0.3) is 0 Å². The Labute approximate surface area is 134 Å². The summed E-state index contributed by atoms with van der Waals surface area (Å²) in [5.41, 5.74) is 1.42. The number of nitrogens with zero attached hydrogens (tertiary/aromatic N) is 2. The van der Waals surface area contributed by atoms with Gasteiger partial charge in [-0.05, 0) is 30.4 Å². The Bertz CT molecular complexity index is 457. The topological polar surface area (TPSA) is 28.2 Å². The van der Waals surface area contributed by atoms with E-state index in [0.717, 1.165) is 37.5 Å². The van der Waals surface area contributed by atoms with E-state index in [0.29, 0.717) is 12.0 Å². The smallest absolute Gasteiger partial charge is 0.0634 e. The summed E-state index contributed by atoms with van der Waals surface area (Å²) in [6.45, 7) is 12.2. The molecule has 1 fully saturated rings. The van der Waals surface area contributed by atoms with Crippen LogP contribution in [-0.4, -0.2) is 34.6 Å². The average Bonchev–Trinajstić information content (AvgIpc) is 2.49. The summed E-state index contributed by atoms with van der Waals surface area (Å²) in [6, 6.07) is 2.60. The fourth-order valence-corrected chi connectivity index (χ4v) is 3.50. The Balaban J connectivity index is 2.20. The molecule has 1 atom stereocenters. The molecule has 1 aliphatic rings. The normalized spacial score (nSPS) is 22.7. The molecule has 0 bridgehead atoms. The number of pyridine rings is 1. The van der Waals surface area contributed by atoms with Crippen LogP contribution in [0.5, 0.6) is 0 Å². The second-order valence-corrected chi connectivity index (χ2v) is 6.96. The number of piperazine rings is 1. The first kappa shape index (κ1) is 16.7. The van der Waals surface area contributed by atoms with Crippen molar-refractivity contribution in [1.82, 2.24) is 15.2 Å². The molecule has 1 aromatic rings. The van der Waals surface area contributed by atoms with Gasteiger partial charge in [0.15, 0.2) is 0 Å². The highest BCUT2D eigenvalue weighted by atomic mass is 35.5. The van der Waals surface area contributed by atoms with Crippen LogP contribution in [0.2, 0.25) is 5.02 Å². The van der Waals surface area contributed by atoms with Crippen LogP contribution in [0, 0.1) is 5.92 Å². The number of rotatable bonds is 5. The number of aromatic nitrogens is 1. The lowest BCUT2D eigenvalue weighted by Crippen LogP contribution is -2.64. The third-order valence-corrected chi connectivity index (χ3v) is 5.35. The Morgan fingerprint density at radius 3 is 2.71 bits per heavy atom. The average molecular weight is 310 g/mol. The zero-order chi connectivity index (χ0) is 15.5. The van der Waals surface area contributed by atoms with Gasteiger partial charge in [-0.1, -0.05) is 39.3 Å². The van der Waals surface area contributed by atoms with Crippen molar-refractivity contribution in [2.75, 3.05) is 13.1 Å². The Kier molecular flexibility index (Phi) is 5.64. The molecule has 1 unspecified atom stereocenters. The number of hydrogen-bond donors (Lipinski definition) is 1. The van der Waals surface area contributed by atoms with Crippen molar-refractivity contribution < 1.29 is 0 Å². The number of nitrogens with one attached hydrogen (secondary N) is 1. The molecule has 0 spiro atoms. The lowest BCUT2D eigenvalue weighted by atomic mass is 9.86. The minimum atomic E-state index is 0.241. The van der Waals surface area contributed by atoms with Crippen LogP contribution < -0.4 is 5.32 Å². The van der Waals surface area contributed by atoms with Crippen molar-refractivity contribution in [2.45, 2.75) is 58.7 Å². The number of halogens is 1. The van der Waals surface area contributed by atoms with E-state index in [-0.39, 0.29) is 5.54 Å². The molecule has 0 saturated carbocycles. The maximum absolute atomic E-state index is 6.30. The lowest BCUT2D eigenvalue weighted by molar-refractivity contribution is 0.0443. The van der Waals surface area contributed by atoms with Gasteiger partial charge >= 0.3 is 0 Å². The van der Waals surface area contributed by atoms with Crippen molar-refractivity contribution in [2.24, 2.45) is 5.92 Å². The predicted molar refractivity (Wildman–Crippen MR) is 89.6 cm³/mol. The highest BCUT2D eigenvalue weighted by Crippen LogP contribution is 2.28. The second kappa shape index (κ2) is 7.08. The second-order valence-electron chi connectivity index (χ2n) is 6.55. The van der Waals surface area contributed by atoms with Gasteiger partial charge in [-0.3, -0.25) is 9.88 Å². The van der Waals surface area contributed by atoms with Crippen LogP contribution in [0.25, 0.3) is 0 Å². The fraction of sp³-hybridized carbons (Fsp3) is 0.706. The molecule has 2 rings (SSSR count). The first-order chi connectivity index (χ1) is 10.0. The van der Waals surface area contributed by atoms with Crippen LogP contribution in [0.1, 0.15) is 46.1 Å². The minimum Gasteiger partial charge on any atom is -0.308 e. The molecule has 4 heteroatoms. The molecule has 3 nitrogen and oxygen atoms in total.